The number of anilines is 1. The van der Waals surface area contributed by atoms with Crippen molar-refractivity contribution in [3.8, 4) is 0 Å². The number of amides is 3. The summed E-state index contributed by atoms with van der Waals surface area (Å²) in [5.41, 5.74) is 2.06. The van der Waals surface area contributed by atoms with Crippen LogP contribution in [0.15, 0.2) is 66.9 Å². The Morgan fingerprint density at radius 2 is 1.78 bits per heavy atom. The van der Waals surface area contributed by atoms with Crippen LogP contribution in [0.25, 0.3) is 0 Å². The van der Waals surface area contributed by atoms with Crippen LogP contribution in [0.4, 0.5) is 15.3 Å². The second-order valence-corrected chi connectivity index (χ2v) is 7.49. The molecule has 3 aromatic rings. The third kappa shape index (κ3) is 3.36. The molecule has 5 rings (SSSR count). The number of urea groups is 1. The number of carbonyl (C=O) groups excluding carboxylic acids is 2. The van der Waals surface area contributed by atoms with Crippen molar-refractivity contribution in [2.45, 2.75) is 18.7 Å². The second-order valence-electron chi connectivity index (χ2n) is 7.49. The smallest absolute Gasteiger partial charge is 0.346 e. The molecule has 2 bridgehead atoms. The van der Waals surface area contributed by atoms with Crippen LogP contribution in [-0.4, -0.2) is 49.4 Å². The van der Waals surface area contributed by atoms with E-state index in [4.69, 9.17) is 4.84 Å². The quantitative estimate of drug-likeness (QED) is 0.639. The molecule has 1 fully saturated rings. The van der Waals surface area contributed by atoms with Gasteiger partial charge >= 0.3 is 18.0 Å². The van der Waals surface area contributed by atoms with E-state index in [0.717, 1.165) is 10.2 Å². The van der Waals surface area contributed by atoms with Crippen LogP contribution in [0.5, 0.6) is 0 Å². The Morgan fingerprint density at radius 3 is 2.47 bits per heavy atom. The number of aromatic nitrogens is 2. The zero-order valence-electron chi connectivity index (χ0n) is 16.8. The fourth-order valence-electron chi connectivity index (χ4n) is 3.98. The minimum atomic E-state index is -1.30. The van der Waals surface area contributed by atoms with Crippen molar-refractivity contribution in [3.63, 3.8) is 0 Å². The lowest BCUT2D eigenvalue weighted by Crippen LogP contribution is -2.38. The number of hydroxylamine groups is 2. The molecule has 3 amide bonds. The molecule has 2 N–H and O–H groups in total. The summed E-state index contributed by atoms with van der Waals surface area (Å²) in [4.78, 5) is 44.6. The van der Waals surface area contributed by atoms with Crippen LogP contribution in [0.3, 0.4) is 0 Å². The summed E-state index contributed by atoms with van der Waals surface area (Å²) < 4.78 is 1.06. The summed E-state index contributed by atoms with van der Waals surface area (Å²) in [7, 11) is 0. The summed E-state index contributed by atoms with van der Waals surface area (Å²) in [6, 6.07) is 15.2. The topological polar surface area (TPSA) is 117 Å². The predicted molar refractivity (Wildman–Crippen MR) is 111 cm³/mol. The zero-order valence-corrected chi connectivity index (χ0v) is 16.8. The second kappa shape index (κ2) is 7.82. The van der Waals surface area contributed by atoms with Gasteiger partial charge in [-0.1, -0.05) is 48.5 Å². The predicted octanol–water partition coefficient (Wildman–Crippen LogP) is 3.01. The third-order valence-corrected chi connectivity index (χ3v) is 5.47. The molecule has 0 spiro atoms. The van der Waals surface area contributed by atoms with E-state index >= 15 is 0 Å². The summed E-state index contributed by atoms with van der Waals surface area (Å²) in [5.74, 6) is -1.23. The first-order valence-corrected chi connectivity index (χ1v) is 9.98. The van der Waals surface area contributed by atoms with Gasteiger partial charge in [0.2, 0.25) is 0 Å². The van der Waals surface area contributed by atoms with Crippen molar-refractivity contribution < 1.29 is 24.3 Å². The number of fused-ring (bicyclic) bond motifs is 4. The van der Waals surface area contributed by atoms with Gasteiger partial charge < -0.3 is 15.3 Å². The van der Waals surface area contributed by atoms with Crippen LogP contribution in [-0.2, 0) is 16.2 Å². The maximum atomic E-state index is 12.9. The molecule has 162 valence electrons. The number of hydrogen-bond acceptors (Lipinski definition) is 5. The van der Waals surface area contributed by atoms with Crippen molar-refractivity contribution in [1.29, 1.82) is 0 Å². The number of carboxylic acid groups (broad SMARTS) is 1. The van der Waals surface area contributed by atoms with E-state index in [2.05, 4.69) is 10.4 Å². The number of aliphatic carboxylic acids is 1. The van der Waals surface area contributed by atoms with Crippen molar-refractivity contribution in [3.05, 3.63) is 83.7 Å². The van der Waals surface area contributed by atoms with Gasteiger partial charge in [-0.05, 0) is 17.7 Å². The lowest BCUT2D eigenvalue weighted by molar-refractivity contribution is -0.143. The lowest BCUT2D eigenvalue weighted by Gasteiger charge is -2.26. The molecule has 0 radical (unpaired) electrons. The number of carbonyl (C=O) groups is 3. The Morgan fingerprint density at radius 1 is 1.09 bits per heavy atom. The minimum Gasteiger partial charge on any atom is -0.479 e. The number of hydrogen-bond donors (Lipinski definition) is 2. The first-order chi connectivity index (χ1) is 15.5. The van der Waals surface area contributed by atoms with Crippen molar-refractivity contribution >= 4 is 23.7 Å². The Balaban J connectivity index is 1.44. The molecular weight excluding hydrogens is 414 g/mol. The highest BCUT2D eigenvalue weighted by Gasteiger charge is 2.53. The van der Waals surface area contributed by atoms with Crippen LogP contribution in [0.2, 0.25) is 0 Å². The van der Waals surface area contributed by atoms with E-state index in [0.29, 0.717) is 11.3 Å². The van der Waals surface area contributed by atoms with Crippen molar-refractivity contribution in [2.24, 2.45) is 0 Å². The molecule has 3 heterocycles. The summed E-state index contributed by atoms with van der Waals surface area (Å²) in [6.07, 6.45) is 1.46. The molecule has 10 heteroatoms. The van der Waals surface area contributed by atoms with Gasteiger partial charge in [-0.25, -0.2) is 14.4 Å². The van der Waals surface area contributed by atoms with Gasteiger partial charge in [0.05, 0.1) is 6.54 Å². The highest BCUT2D eigenvalue weighted by atomic mass is 16.7. The van der Waals surface area contributed by atoms with Crippen LogP contribution in [0.1, 0.15) is 28.9 Å². The molecule has 10 nitrogen and oxygen atoms in total. The molecule has 1 aromatic heterocycles. The number of benzene rings is 2. The fourth-order valence-corrected chi connectivity index (χ4v) is 3.98. The SMILES string of the molecule is O=C(O)C1c2nn(C(=O)Nc3ccccc3)cc2[C@H]2CN1C(=O)N2OCc1ccccc1. The summed E-state index contributed by atoms with van der Waals surface area (Å²) in [6.45, 7) is 0.274. The molecule has 2 aromatic carbocycles. The Bertz CT molecular complexity index is 1180. The highest BCUT2D eigenvalue weighted by molar-refractivity contribution is 5.91. The molecular formula is C22H19N5O5. The first kappa shape index (κ1) is 19.8. The average molecular weight is 433 g/mol. The minimum absolute atomic E-state index is 0.129. The zero-order chi connectivity index (χ0) is 22.2. The number of para-hydroxylation sites is 1. The third-order valence-electron chi connectivity index (χ3n) is 5.47. The number of carboxylic acids is 1. The van der Waals surface area contributed by atoms with E-state index in [-0.39, 0.29) is 18.8 Å². The largest absolute Gasteiger partial charge is 0.479 e. The van der Waals surface area contributed by atoms with Crippen LogP contribution < -0.4 is 5.32 Å². The highest BCUT2D eigenvalue weighted by Crippen LogP contribution is 2.43. The Kier molecular flexibility index (Phi) is 4.83. The molecule has 1 saturated heterocycles. The average Bonchev–Trinajstić information content (AvgIpc) is 3.35. The standard InChI is InChI=1S/C22H19N5O5/c28-20(29)19-18-16(11-26(24-18)21(30)23-15-9-5-2-6-10-15)17-12-25(19)22(31)27(17)32-13-14-7-3-1-4-8-14/h1-11,17,19H,12-13H2,(H,23,30)(H,28,29)/t17-,19?/m1/s1. The molecule has 0 saturated carbocycles. The van der Waals surface area contributed by atoms with Gasteiger partial charge in [0.1, 0.15) is 18.3 Å². The van der Waals surface area contributed by atoms with Gasteiger partial charge in [-0.15, -0.1) is 0 Å². The number of rotatable bonds is 5. The van der Waals surface area contributed by atoms with Gasteiger partial charge in [-0.2, -0.15) is 14.8 Å². The van der Waals surface area contributed by atoms with Crippen molar-refractivity contribution in [2.75, 3.05) is 11.9 Å². The molecule has 0 aliphatic carbocycles. The normalized spacial score (nSPS) is 19.1. The fraction of sp³-hybridized carbons (Fsp3) is 0.182. The monoisotopic (exact) mass is 433 g/mol. The molecule has 32 heavy (non-hydrogen) atoms. The molecule has 2 aliphatic heterocycles. The van der Waals surface area contributed by atoms with Gasteiger partial charge in [0.15, 0.2) is 6.04 Å². The van der Waals surface area contributed by atoms with Crippen LogP contribution >= 0.6 is 0 Å². The Hall–Kier alpha value is -4.18. The lowest BCUT2D eigenvalue weighted by atomic mass is 9.98. The molecule has 2 atom stereocenters. The summed E-state index contributed by atoms with van der Waals surface area (Å²) in [5, 5.41) is 17.9. The van der Waals surface area contributed by atoms with Crippen molar-refractivity contribution in [1.82, 2.24) is 19.7 Å². The van der Waals surface area contributed by atoms with Crippen LogP contribution in [0, 0.1) is 0 Å². The van der Waals surface area contributed by atoms with Gasteiger partial charge in [0.25, 0.3) is 0 Å². The van der Waals surface area contributed by atoms with E-state index in [1.165, 1.54) is 16.2 Å². The van der Waals surface area contributed by atoms with E-state index in [9.17, 15) is 19.5 Å². The Labute approximate surface area is 182 Å². The van der Waals surface area contributed by atoms with E-state index < -0.39 is 30.1 Å². The molecule has 1 unspecified atom stereocenters. The summed E-state index contributed by atoms with van der Waals surface area (Å²) >= 11 is 0. The molecule has 2 aliphatic rings. The maximum absolute atomic E-state index is 12.9. The maximum Gasteiger partial charge on any atom is 0.346 e. The van der Waals surface area contributed by atoms with Gasteiger partial charge in [0, 0.05) is 17.4 Å². The number of nitrogens with zero attached hydrogens (tertiary/aromatic N) is 4. The first-order valence-electron chi connectivity index (χ1n) is 9.98. The van der Waals surface area contributed by atoms with Gasteiger partial charge in [-0.3, -0.25) is 4.84 Å². The van der Waals surface area contributed by atoms with E-state index in [1.807, 2.05) is 36.4 Å². The number of nitrogens with one attached hydrogen (secondary N) is 1. The van der Waals surface area contributed by atoms with E-state index in [1.54, 1.807) is 24.3 Å².